The number of hydrogen-bond acceptors (Lipinski definition) is 3. The van der Waals surface area contributed by atoms with Crippen molar-refractivity contribution in [3.63, 3.8) is 0 Å². The quantitative estimate of drug-likeness (QED) is 0.688. The molecular formula is C20H22FN3O. The smallest absolute Gasteiger partial charge is 0.246 e. The lowest BCUT2D eigenvalue weighted by Gasteiger charge is -2.34. The number of nitrogens with zero attached hydrogens (tertiary/aromatic N) is 2. The van der Waals surface area contributed by atoms with Crippen LogP contribution in [-0.4, -0.2) is 41.9 Å². The number of rotatable bonds is 4. The molecule has 0 aromatic heterocycles. The second-order valence-corrected chi connectivity index (χ2v) is 6.19. The fourth-order valence-electron chi connectivity index (χ4n) is 2.90. The summed E-state index contributed by atoms with van der Waals surface area (Å²) in [5, 5.41) is 0. The maximum absolute atomic E-state index is 13.0. The van der Waals surface area contributed by atoms with Gasteiger partial charge in [0.1, 0.15) is 5.82 Å². The molecule has 25 heavy (non-hydrogen) atoms. The minimum atomic E-state index is -0.218. The van der Waals surface area contributed by atoms with Crippen LogP contribution in [0.1, 0.15) is 11.1 Å². The molecule has 1 aliphatic rings. The number of amides is 1. The SMILES string of the molecule is Nc1ccccc1/C=C/C(=O)N1CCN(Cc2ccc(F)cc2)CC1. The molecular weight excluding hydrogens is 317 g/mol. The number of nitrogens with two attached hydrogens (primary N) is 1. The number of carbonyl (C=O) groups excluding carboxylic acids is 1. The van der Waals surface area contributed by atoms with Gasteiger partial charge in [0.2, 0.25) is 5.91 Å². The van der Waals surface area contributed by atoms with E-state index in [9.17, 15) is 9.18 Å². The van der Waals surface area contributed by atoms with Crippen molar-refractivity contribution in [3.05, 3.63) is 71.6 Å². The molecule has 0 bridgehead atoms. The Morgan fingerprint density at radius 2 is 1.72 bits per heavy atom. The maximum atomic E-state index is 13.0. The van der Waals surface area contributed by atoms with Crippen molar-refractivity contribution in [1.82, 2.24) is 9.80 Å². The van der Waals surface area contributed by atoms with Gasteiger partial charge in [0.25, 0.3) is 0 Å². The highest BCUT2D eigenvalue weighted by molar-refractivity contribution is 5.92. The Morgan fingerprint density at radius 1 is 1.04 bits per heavy atom. The summed E-state index contributed by atoms with van der Waals surface area (Å²) in [6, 6.07) is 14.0. The van der Waals surface area contributed by atoms with E-state index in [2.05, 4.69) is 4.90 Å². The molecule has 1 fully saturated rings. The van der Waals surface area contributed by atoms with Crippen molar-refractivity contribution in [3.8, 4) is 0 Å². The zero-order chi connectivity index (χ0) is 17.6. The van der Waals surface area contributed by atoms with Crippen LogP contribution in [0.4, 0.5) is 10.1 Å². The monoisotopic (exact) mass is 339 g/mol. The van der Waals surface area contributed by atoms with Gasteiger partial charge in [0, 0.05) is 44.5 Å². The molecule has 0 radical (unpaired) electrons. The van der Waals surface area contributed by atoms with Crippen LogP contribution in [0, 0.1) is 5.82 Å². The lowest BCUT2D eigenvalue weighted by molar-refractivity contribution is -0.127. The summed E-state index contributed by atoms with van der Waals surface area (Å²) in [6.07, 6.45) is 3.35. The van der Waals surface area contributed by atoms with Gasteiger partial charge in [-0.15, -0.1) is 0 Å². The van der Waals surface area contributed by atoms with Crippen LogP contribution in [0.15, 0.2) is 54.6 Å². The third kappa shape index (κ3) is 4.67. The van der Waals surface area contributed by atoms with E-state index >= 15 is 0 Å². The van der Waals surface area contributed by atoms with Gasteiger partial charge in [-0.05, 0) is 35.4 Å². The van der Waals surface area contributed by atoms with E-state index in [4.69, 9.17) is 5.73 Å². The molecule has 1 saturated heterocycles. The number of para-hydroxylation sites is 1. The van der Waals surface area contributed by atoms with Gasteiger partial charge >= 0.3 is 0 Å². The predicted octanol–water partition coefficient (Wildman–Crippen LogP) is 2.77. The highest BCUT2D eigenvalue weighted by Gasteiger charge is 2.19. The van der Waals surface area contributed by atoms with Gasteiger partial charge < -0.3 is 10.6 Å². The molecule has 1 amide bonds. The number of halogens is 1. The first-order valence-electron chi connectivity index (χ1n) is 8.40. The summed E-state index contributed by atoms with van der Waals surface area (Å²) in [5.41, 5.74) is 8.48. The normalized spacial score (nSPS) is 15.6. The number of benzene rings is 2. The minimum absolute atomic E-state index is 0.00434. The molecule has 2 aromatic rings. The third-order valence-corrected chi connectivity index (χ3v) is 4.40. The summed E-state index contributed by atoms with van der Waals surface area (Å²) in [7, 11) is 0. The number of nitrogen functional groups attached to an aromatic ring is 1. The molecule has 1 aliphatic heterocycles. The number of hydrogen-bond donors (Lipinski definition) is 1. The minimum Gasteiger partial charge on any atom is -0.398 e. The highest BCUT2D eigenvalue weighted by Crippen LogP contribution is 2.13. The standard InChI is InChI=1S/C20H22FN3O/c21-18-8-5-16(6-9-18)15-23-11-13-24(14-12-23)20(25)10-7-17-3-1-2-4-19(17)22/h1-10H,11-15,22H2/b10-7+. The summed E-state index contributed by atoms with van der Waals surface area (Å²) in [4.78, 5) is 16.4. The summed E-state index contributed by atoms with van der Waals surface area (Å²) in [6.45, 7) is 3.77. The highest BCUT2D eigenvalue weighted by atomic mass is 19.1. The van der Waals surface area contributed by atoms with Gasteiger partial charge in [0.15, 0.2) is 0 Å². The second kappa shape index (κ2) is 7.94. The lowest BCUT2D eigenvalue weighted by Crippen LogP contribution is -2.47. The van der Waals surface area contributed by atoms with E-state index in [1.54, 1.807) is 24.3 Å². The molecule has 4 nitrogen and oxygen atoms in total. The average Bonchev–Trinajstić information content (AvgIpc) is 2.63. The first kappa shape index (κ1) is 17.2. The van der Waals surface area contributed by atoms with Crippen molar-refractivity contribution < 1.29 is 9.18 Å². The van der Waals surface area contributed by atoms with Crippen LogP contribution < -0.4 is 5.73 Å². The lowest BCUT2D eigenvalue weighted by atomic mass is 10.1. The molecule has 0 aliphatic carbocycles. The number of piperazine rings is 1. The molecule has 1 heterocycles. The molecule has 0 saturated carbocycles. The molecule has 0 atom stereocenters. The molecule has 0 spiro atoms. The van der Waals surface area contributed by atoms with E-state index in [-0.39, 0.29) is 11.7 Å². The Kier molecular flexibility index (Phi) is 5.46. The average molecular weight is 339 g/mol. The Labute approximate surface area is 147 Å². The van der Waals surface area contributed by atoms with Crippen LogP contribution in [0.2, 0.25) is 0 Å². The Hall–Kier alpha value is -2.66. The Bertz CT molecular complexity index is 750. The van der Waals surface area contributed by atoms with Crippen molar-refractivity contribution in [2.24, 2.45) is 0 Å². The van der Waals surface area contributed by atoms with Gasteiger partial charge in [-0.2, -0.15) is 0 Å². The van der Waals surface area contributed by atoms with Crippen molar-refractivity contribution in [2.75, 3.05) is 31.9 Å². The fourth-order valence-corrected chi connectivity index (χ4v) is 2.90. The zero-order valence-corrected chi connectivity index (χ0v) is 14.1. The summed E-state index contributed by atoms with van der Waals surface area (Å²) >= 11 is 0. The van der Waals surface area contributed by atoms with E-state index in [0.717, 1.165) is 30.8 Å². The summed E-state index contributed by atoms with van der Waals surface area (Å²) in [5.74, 6) is -0.213. The first-order chi connectivity index (χ1) is 12.1. The summed E-state index contributed by atoms with van der Waals surface area (Å²) < 4.78 is 13.0. The van der Waals surface area contributed by atoms with Gasteiger partial charge in [-0.3, -0.25) is 9.69 Å². The van der Waals surface area contributed by atoms with Crippen LogP contribution in [0.25, 0.3) is 6.08 Å². The van der Waals surface area contributed by atoms with E-state index in [0.29, 0.717) is 18.8 Å². The van der Waals surface area contributed by atoms with Crippen LogP contribution >= 0.6 is 0 Å². The number of carbonyl (C=O) groups is 1. The zero-order valence-electron chi connectivity index (χ0n) is 14.1. The molecule has 3 rings (SSSR count). The maximum Gasteiger partial charge on any atom is 0.246 e. The van der Waals surface area contributed by atoms with Gasteiger partial charge in [-0.25, -0.2) is 4.39 Å². The van der Waals surface area contributed by atoms with E-state index in [1.807, 2.05) is 29.2 Å². The largest absolute Gasteiger partial charge is 0.398 e. The van der Waals surface area contributed by atoms with Crippen LogP contribution in [-0.2, 0) is 11.3 Å². The topological polar surface area (TPSA) is 49.6 Å². The molecule has 2 aromatic carbocycles. The van der Waals surface area contributed by atoms with Crippen molar-refractivity contribution >= 4 is 17.7 Å². The Balaban J connectivity index is 1.50. The van der Waals surface area contributed by atoms with Crippen LogP contribution in [0.5, 0.6) is 0 Å². The van der Waals surface area contributed by atoms with E-state index in [1.165, 1.54) is 12.1 Å². The molecule has 130 valence electrons. The first-order valence-corrected chi connectivity index (χ1v) is 8.40. The van der Waals surface area contributed by atoms with Crippen molar-refractivity contribution in [2.45, 2.75) is 6.54 Å². The Morgan fingerprint density at radius 3 is 2.40 bits per heavy atom. The number of anilines is 1. The van der Waals surface area contributed by atoms with Crippen LogP contribution in [0.3, 0.4) is 0 Å². The van der Waals surface area contributed by atoms with E-state index < -0.39 is 0 Å². The third-order valence-electron chi connectivity index (χ3n) is 4.40. The molecule has 2 N–H and O–H groups in total. The van der Waals surface area contributed by atoms with Crippen molar-refractivity contribution in [1.29, 1.82) is 0 Å². The van der Waals surface area contributed by atoms with Gasteiger partial charge in [-0.1, -0.05) is 30.3 Å². The molecule has 0 unspecified atom stereocenters. The second-order valence-electron chi connectivity index (χ2n) is 6.19. The molecule has 5 heteroatoms. The predicted molar refractivity (Wildman–Crippen MR) is 98.1 cm³/mol. The fraction of sp³-hybridized carbons (Fsp3) is 0.250. The van der Waals surface area contributed by atoms with Gasteiger partial charge in [0.05, 0.1) is 0 Å².